The van der Waals surface area contributed by atoms with Crippen molar-refractivity contribution in [2.45, 2.75) is 33.0 Å². The number of aliphatic hydroxyl groups is 2. The lowest BCUT2D eigenvalue weighted by Gasteiger charge is -2.31. The third-order valence-corrected chi connectivity index (χ3v) is 3.01. The minimum Gasteiger partial charge on any atom is -0.392 e. The molecule has 17 heavy (non-hydrogen) atoms. The zero-order valence-electron chi connectivity index (χ0n) is 10.6. The minimum atomic E-state index is -0.759. The Morgan fingerprint density at radius 2 is 2.00 bits per heavy atom. The largest absolute Gasteiger partial charge is 0.392 e. The van der Waals surface area contributed by atoms with E-state index in [4.69, 9.17) is 0 Å². The summed E-state index contributed by atoms with van der Waals surface area (Å²) in [6, 6.07) is 5.78. The highest BCUT2D eigenvalue weighted by Gasteiger charge is 2.19. The molecule has 0 spiro atoms. The van der Waals surface area contributed by atoms with Crippen molar-refractivity contribution in [2.24, 2.45) is 0 Å². The van der Waals surface area contributed by atoms with Crippen LogP contribution in [0.1, 0.15) is 26.3 Å². The minimum absolute atomic E-state index is 0.00493. The Morgan fingerprint density at radius 3 is 2.47 bits per heavy atom. The summed E-state index contributed by atoms with van der Waals surface area (Å²) in [5.74, 6) is 0. The summed E-state index contributed by atoms with van der Waals surface area (Å²) < 4.78 is 0.971. The normalized spacial score (nSPS) is 11.6. The third kappa shape index (κ3) is 4.30. The number of rotatable bonds is 5. The first-order valence-corrected chi connectivity index (χ1v) is 6.53. The molecule has 0 amide bonds. The van der Waals surface area contributed by atoms with Crippen LogP contribution in [0.25, 0.3) is 0 Å². The van der Waals surface area contributed by atoms with Crippen LogP contribution in [-0.2, 0) is 6.61 Å². The van der Waals surface area contributed by atoms with Gasteiger partial charge in [-0.1, -0.05) is 22.0 Å². The van der Waals surface area contributed by atoms with Crippen LogP contribution in [0.3, 0.4) is 0 Å². The maximum Gasteiger partial charge on any atom is 0.0765 e. The van der Waals surface area contributed by atoms with Crippen molar-refractivity contribution >= 4 is 21.6 Å². The molecule has 0 bridgehead atoms. The molecule has 0 heterocycles. The molecule has 0 aliphatic rings. The second-order valence-corrected chi connectivity index (χ2v) is 5.67. The van der Waals surface area contributed by atoms with Gasteiger partial charge in [-0.25, -0.2) is 0 Å². The molecule has 0 aliphatic heterocycles. The average Bonchev–Trinajstić information content (AvgIpc) is 2.24. The monoisotopic (exact) mass is 301 g/mol. The number of anilines is 1. The molecule has 0 saturated heterocycles. The van der Waals surface area contributed by atoms with Gasteiger partial charge < -0.3 is 15.1 Å². The number of nitrogens with zero attached hydrogens (tertiary/aromatic N) is 1. The first kappa shape index (κ1) is 14.5. The molecule has 96 valence electrons. The fourth-order valence-electron chi connectivity index (χ4n) is 1.80. The number of hydrogen-bond donors (Lipinski definition) is 2. The molecule has 0 fully saturated rings. The van der Waals surface area contributed by atoms with E-state index in [0.29, 0.717) is 6.54 Å². The highest BCUT2D eigenvalue weighted by molar-refractivity contribution is 9.10. The van der Waals surface area contributed by atoms with Gasteiger partial charge in [0.25, 0.3) is 0 Å². The first-order chi connectivity index (χ1) is 7.87. The number of halogens is 1. The van der Waals surface area contributed by atoms with E-state index in [-0.39, 0.29) is 6.61 Å². The summed E-state index contributed by atoms with van der Waals surface area (Å²) in [7, 11) is 0. The predicted octanol–water partition coefficient (Wildman–Crippen LogP) is 2.54. The Hall–Kier alpha value is -0.580. The summed E-state index contributed by atoms with van der Waals surface area (Å²) in [4.78, 5) is 2.07. The number of likely N-dealkylation sites (N-methyl/N-ethyl adjacent to an activating group) is 1. The summed E-state index contributed by atoms with van der Waals surface area (Å²) in [6.45, 7) is 6.93. The van der Waals surface area contributed by atoms with Gasteiger partial charge in [-0.15, -0.1) is 0 Å². The number of hydrogen-bond acceptors (Lipinski definition) is 3. The lowest BCUT2D eigenvalue weighted by molar-refractivity contribution is 0.0875. The van der Waals surface area contributed by atoms with E-state index in [1.54, 1.807) is 13.8 Å². The van der Waals surface area contributed by atoms with E-state index >= 15 is 0 Å². The average molecular weight is 302 g/mol. The van der Waals surface area contributed by atoms with Gasteiger partial charge in [0.05, 0.1) is 12.2 Å². The Morgan fingerprint density at radius 1 is 1.35 bits per heavy atom. The molecule has 0 saturated carbocycles. The lowest BCUT2D eigenvalue weighted by atomic mass is 10.1. The second-order valence-electron chi connectivity index (χ2n) is 4.76. The van der Waals surface area contributed by atoms with Crippen molar-refractivity contribution < 1.29 is 10.2 Å². The van der Waals surface area contributed by atoms with Crippen molar-refractivity contribution in [3.8, 4) is 0 Å². The molecule has 1 aromatic carbocycles. The molecule has 2 N–H and O–H groups in total. The summed E-state index contributed by atoms with van der Waals surface area (Å²) in [6.07, 6.45) is 0. The molecular weight excluding hydrogens is 282 g/mol. The van der Waals surface area contributed by atoms with E-state index < -0.39 is 5.60 Å². The highest BCUT2D eigenvalue weighted by Crippen LogP contribution is 2.26. The molecule has 0 atom stereocenters. The van der Waals surface area contributed by atoms with Crippen LogP contribution in [-0.4, -0.2) is 28.9 Å². The van der Waals surface area contributed by atoms with Crippen LogP contribution in [0, 0.1) is 0 Å². The molecule has 0 radical (unpaired) electrons. The number of aliphatic hydroxyl groups excluding tert-OH is 1. The predicted molar refractivity (Wildman–Crippen MR) is 74.2 cm³/mol. The Bertz CT molecular complexity index is 374. The Balaban J connectivity index is 3.06. The summed E-state index contributed by atoms with van der Waals surface area (Å²) in [5.41, 5.74) is 1.08. The van der Waals surface area contributed by atoms with Crippen LogP contribution < -0.4 is 4.90 Å². The first-order valence-electron chi connectivity index (χ1n) is 5.74. The van der Waals surface area contributed by atoms with E-state index in [1.807, 2.05) is 25.1 Å². The molecule has 1 aromatic rings. The van der Waals surface area contributed by atoms with Crippen LogP contribution in [0.15, 0.2) is 22.7 Å². The van der Waals surface area contributed by atoms with Crippen molar-refractivity contribution in [1.29, 1.82) is 0 Å². The maximum absolute atomic E-state index is 9.90. The van der Waals surface area contributed by atoms with Crippen molar-refractivity contribution in [2.75, 3.05) is 18.0 Å². The second kappa shape index (κ2) is 5.85. The van der Waals surface area contributed by atoms with Crippen molar-refractivity contribution in [3.05, 3.63) is 28.2 Å². The zero-order chi connectivity index (χ0) is 13.1. The third-order valence-electron chi connectivity index (χ3n) is 2.52. The van der Waals surface area contributed by atoms with Gasteiger partial charge in [0.15, 0.2) is 0 Å². The summed E-state index contributed by atoms with van der Waals surface area (Å²) >= 11 is 3.43. The van der Waals surface area contributed by atoms with Gasteiger partial charge in [0, 0.05) is 28.8 Å². The Labute approximate surface area is 111 Å². The summed E-state index contributed by atoms with van der Waals surface area (Å²) in [5, 5.41) is 19.2. The molecule has 3 nitrogen and oxygen atoms in total. The van der Waals surface area contributed by atoms with Crippen LogP contribution in [0.2, 0.25) is 0 Å². The maximum atomic E-state index is 9.90. The lowest BCUT2D eigenvalue weighted by Crippen LogP contribution is -2.39. The van der Waals surface area contributed by atoms with Gasteiger partial charge in [-0.2, -0.15) is 0 Å². The van der Waals surface area contributed by atoms with Gasteiger partial charge in [0.1, 0.15) is 0 Å². The van der Waals surface area contributed by atoms with Gasteiger partial charge in [-0.3, -0.25) is 0 Å². The molecular formula is C13H20BrNO2. The van der Waals surface area contributed by atoms with Gasteiger partial charge >= 0.3 is 0 Å². The smallest absolute Gasteiger partial charge is 0.0765 e. The Kier molecular flexibility index (Phi) is 4.98. The highest BCUT2D eigenvalue weighted by atomic mass is 79.9. The molecule has 4 heteroatoms. The molecule has 0 aromatic heterocycles. The van der Waals surface area contributed by atoms with Gasteiger partial charge in [-0.05, 0) is 32.9 Å². The van der Waals surface area contributed by atoms with E-state index in [9.17, 15) is 10.2 Å². The zero-order valence-corrected chi connectivity index (χ0v) is 12.2. The van der Waals surface area contributed by atoms with Gasteiger partial charge in [0.2, 0.25) is 0 Å². The van der Waals surface area contributed by atoms with E-state index in [0.717, 1.165) is 22.3 Å². The van der Waals surface area contributed by atoms with Crippen molar-refractivity contribution in [1.82, 2.24) is 0 Å². The quantitative estimate of drug-likeness (QED) is 0.878. The molecule has 0 unspecified atom stereocenters. The van der Waals surface area contributed by atoms with E-state index in [2.05, 4.69) is 20.8 Å². The number of benzene rings is 1. The molecule has 0 aliphatic carbocycles. The SMILES string of the molecule is CCN(CC(C)(C)O)c1cc(Br)ccc1CO. The fourth-order valence-corrected chi connectivity index (χ4v) is 2.15. The standard InChI is InChI=1S/C13H20BrNO2/c1-4-15(9-13(2,3)17)12-7-11(14)6-5-10(12)8-16/h5-7,16-17H,4,8-9H2,1-3H3. The topological polar surface area (TPSA) is 43.7 Å². The van der Waals surface area contributed by atoms with Crippen LogP contribution in [0.5, 0.6) is 0 Å². The van der Waals surface area contributed by atoms with Crippen molar-refractivity contribution in [3.63, 3.8) is 0 Å². The fraction of sp³-hybridized carbons (Fsp3) is 0.538. The van der Waals surface area contributed by atoms with Crippen LogP contribution in [0.4, 0.5) is 5.69 Å². The van der Waals surface area contributed by atoms with E-state index in [1.165, 1.54) is 0 Å². The molecule has 1 rings (SSSR count). The van der Waals surface area contributed by atoms with Crippen LogP contribution >= 0.6 is 15.9 Å².